The molecule has 28 heavy (non-hydrogen) atoms. The van der Waals surface area contributed by atoms with E-state index < -0.39 is 5.41 Å². The zero-order valence-electron chi connectivity index (χ0n) is 17.8. The van der Waals surface area contributed by atoms with Gasteiger partial charge in [-0.15, -0.1) is 0 Å². The van der Waals surface area contributed by atoms with E-state index >= 15 is 0 Å². The largest absolute Gasteiger partial charge is 0.379 e. The molecule has 0 radical (unpaired) electrons. The van der Waals surface area contributed by atoms with E-state index in [9.17, 15) is 9.59 Å². The number of fused-ring (bicyclic) bond motifs is 2. The Bertz CT molecular complexity index is 610. The van der Waals surface area contributed by atoms with Crippen molar-refractivity contribution < 1.29 is 14.3 Å². The molecule has 6 heteroatoms. The van der Waals surface area contributed by atoms with Gasteiger partial charge in [-0.1, -0.05) is 6.92 Å². The van der Waals surface area contributed by atoms with E-state index in [-0.39, 0.29) is 23.9 Å². The fraction of sp³-hybridized carbons (Fsp3) is 0.909. The number of likely N-dealkylation sites (tertiary alicyclic amines) is 1. The van der Waals surface area contributed by atoms with Gasteiger partial charge in [0, 0.05) is 38.6 Å². The van der Waals surface area contributed by atoms with Crippen molar-refractivity contribution in [3.8, 4) is 0 Å². The Morgan fingerprint density at radius 1 is 1.18 bits per heavy atom. The fourth-order valence-corrected chi connectivity index (χ4v) is 5.35. The number of carbonyl (C=O) groups is 2. The third-order valence-corrected chi connectivity index (χ3v) is 7.45. The van der Waals surface area contributed by atoms with Crippen LogP contribution in [0.15, 0.2) is 0 Å². The number of rotatable bonds is 7. The van der Waals surface area contributed by atoms with E-state index in [1.807, 2.05) is 0 Å². The lowest BCUT2D eigenvalue weighted by molar-refractivity contribution is -0.145. The minimum absolute atomic E-state index is 0.140. The van der Waals surface area contributed by atoms with Crippen LogP contribution >= 0.6 is 0 Å². The second-order valence-corrected chi connectivity index (χ2v) is 10.6. The molecule has 4 rings (SSSR count). The van der Waals surface area contributed by atoms with Crippen LogP contribution in [0.2, 0.25) is 0 Å². The monoisotopic (exact) mass is 391 g/mol. The normalized spacial score (nSPS) is 31.8. The van der Waals surface area contributed by atoms with Crippen molar-refractivity contribution >= 4 is 11.8 Å². The summed E-state index contributed by atoms with van der Waals surface area (Å²) >= 11 is 0. The van der Waals surface area contributed by atoms with Crippen molar-refractivity contribution in [2.24, 2.45) is 16.7 Å². The molecule has 0 aromatic carbocycles. The summed E-state index contributed by atoms with van der Waals surface area (Å²) in [6.45, 7) is 11.4. The summed E-state index contributed by atoms with van der Waals surface area (Å²) in [6.07, 6.45) is 6.21. The fourth-order valence-electron chi connectivity index (χ4n) is 5.35. The minimum Gasteiger partial charge on any atom is -0.379 e. The molecule has 0 unspecified atom stereocenters. The first-order valence-corrected chi connectivity index (χ1v) is 11.2. The Balaban J connectivity index is 1.32. The number of ether oxygens (including phenoxy) is 1. The van der Waals surface area contributed by atoms with E-state index in [4.69, 9.17) is 4.74 Å². The molecule has 0 aromatic heterocycles. The molecule has 4 aliphatic rings. The second kappa shape index (κ2) is 7.60. The molecular formula is C22H37N3O3. The number of hydrogen-bond donors (Lipinski definition) is 1. The number of carbonyl (C=O) groups excluding carboxylic acids is 2. The van der Waals surface area contributed by atoms with Gasteiger partial charge in [0.1, 0.15) is 0 Å². The van der Waals surface area contributed by atoms with Crippen molar-refractivity contribution in [2.45, 2.75) is 71.4 Å². The van der Waals surface area contributed by atoms with Crippen LogP contribution in [-0.4, -0.2) is 73.1 Å². The van der Waals surface area contributed by atoms with E-state index in [0.29, 0.717) is 17.8 Å². The smallest absolute Gasteiger partial charge is 0.229 e. The van der Waals surface area contributed by atoms with Gasteiger partial charge >= 0.3 is 0 Å². The first-order valence-electron chi connectivity index (χ1n) is 11.2. The van der Waals surface area contributed by atoms with Crippen molar-refractivity contribution in [3.63, 3.8) is 0 Å². The molecule has 2 aliphatic carbocycles. The van der Waals surface area contributed by atoms with Gasteiger partial charge in [-0.25, -0.2) is 0 Å². The zero-order valence-corrected chi connectivity index (χ0v) is 17.8. The van der Waals surface area contributed by atoms with Crippen LogP contribution in [0, 0.1) is 16.7 Å². The minimum atomic E-state index is -0.406. The Morgan fingerprint density at radius 2 is 1.89 bits per heavy atom. The summed E-state index contributed by atoms with van der Waals surface area (Å²) < 4.78 is 5.43. The first kappa shape index (κ1) is 20.1. The van der Waals surface area contributed by atoms with Gasteiger partial charge in [-0.2, -0.15) is 0 Å². The molecule has 0 aromatic rings. The maximum absolute atomic E-state index is 13.4. The maximum Gasteiger partial charge on any atom is 0.229 e. The Labute approximate surface area is 169 Å². The number of nitrogens with one attached hydrogen (secondary N) is 1. The Morgan fingerprint density at radius 3 is 2.54 bits per heavy atom. The van der Waals surface area contributed by atoms with Gasteiger partial charge in [0.05, 0.1) is 24.7 Å². The van der Waals surface area contributed by atoms with Crippen LogP contribution in [0.25, 0.3) is 0 Å². The van der Waals surface area contributed by atoms with Crippen LogP contribution in [0.4, 0.5) is 0 Å². The van der Waals surface area contributed by atoms with Crippen LogP contribution in [0.1, 0.15) is 59.3 Å². The lowest BCUT2D eigenvalue weighted by Gasteiger charge is -2.40. The molecule has 2 amide bonds. The van der Waals surface area contributed by atoms with E-state index in [1.165, 1.54) is 12.8 Å². The van der Waals surface area contributed by atoms with E-state index in [0.717, 1.165) is 58.7 Å². The van der Waals surface area contributed by atoms with Crippen molar-refractivity contribution in [1.29, 1.82) is 0 Å². The lowest BCUT2D eigenvalue weighted by Crippen LogP contribution is -2.56. The summed E-state index contributed by atoms with van der Waals surface area (Å²) in [5.41, 5.74) is 0.00842. The van der Waals surface area contributed by atoms with Crippen LogP contribution in [0.3, 0.4) is 0 Å². The number of amides is 2. The average molecular weight is 392 g/mol. The van der Waals surface area contributed by atoms with Crippen molar-refractivity contribution in [3.05, 3.63) is 0 Å². The third kappa shape index (κ3) is 4.38. The SMILES string of the molecule is CC1(CCC(=O)N[C@@H]2C[C@@H]3C[C@H]2N(C(=O)C(C)(C)CN2CCOCC2)C3)CC1. The van der Waals surface area contributed by atoms with Gasteiger partial charge < -0.3 is 15.0 Å². The summed E-state index contributed by atoms with van der Waals surface area (Å²) in [5.74, 6) is 0.959. The maximum atomic E-state index is 13.4. The molecular weight excluding hydrogens is 354 g/mol. The number of hydrogen-bond acceptors (Lipinski definition) is 4. The molecule has 158 valence electrons. The summed E-state index contributed by atoms with van der Waals surface area (Å²) in [6, 6.07) is 0.323. The third-order valence-electron chi connectivity index (χ3n) is 7.45. The molecule has 2 saturated carbocycles. The summed E-state index contributed by atoms with van der Waals surface area (Å²) in [5, 5.41) is 3.27. The molecule has 2 bridgehead atoms. The Kier molecular flexibility index (Phi) is 5.47. The van der Waals surface area contributed by atoms with E-state index in [1.54, 1.807) is 0 Å². The highest BCUT2D eigenvalue weighted by molar-refractivity contribution is 5.83. The van der Waals surface area contributed by atoms with Gasteiger partial charge in [-0.05, 0) is 57.3 Å². The molecule has 2 heterocycles. The Hall–Kier alpha value is -1.14. The molecule has 2 aliphatic heterocycles. The van der Waals surface area contributed by atoms with Crippen LogP contribution in [-0.2, 0) is 14.3 Å². The summed E-state index contributed by atoms with van der Waals surface area (Å²) in [7, 11) is 0. The van der Waals surface area contributed by atoms with Gasteiger partial charge in [0.15, 0.2) is 0 Å². The lowest BCUT2D eigenvalue weighted by atomic mass is 9.89. The second-order valence-electron chi connectivity index (χ2n) is 10.6. The molecule has 6 nitrogen and oxygen atoms in total. The number of piperidine rings is 1. The van der Waals surface area contributed by atoms with Gasteiger partial charge in [-0.3, -0.25) is 14.5 Å². The topological polar surface area (TPSA) is 61.9 Å². The highest BCUT2D eigenvalue weighted by Gasteiger charge is 2.50. The van der Waals surface area contributed by atoms with Gasteiger partial charge in [0.2, 0.25) is 11.8 Å². The van der Waals surface area contributed by atoms with Crippen LogP contribution < -0.4 is 5.32 Å². The quantitative estimate of drug-likeness (QED) is 0.721. The predicted molar refractivity (Wildman–Crippen MR) is 108 cm³/mol. The molecule has 3 atom stereocenters. The molecule has 2 saturated heterocycles. The highest BCUT2D eigenvalue weighted by atomic mass is 16.5. The summed E-state index contributed by atoms with van der Waals surface area (Å²) in [4.78, 5) is 30.3. The van der Waals surface area contributed by atoms with Crippen molar-refractivity contribution in [2.75, 3.05) is 39.4 Å². The van der Waals surface area contributed by atoms with Gasteiger partial charge in [0.25, 0.3) is 0 Å². The predicted octanol–water partition coefficient (Wildman–Crippen LogP) is 2.03. The first-order chi connectivity index (χ1) is 13.3. The van der Waals surface area contributed by atoms with Crippen LogP contribution in [0.5, 0.6) is 0 Å². The zero-order chi connectivity index (χ0) is 19.9. The molecule has 0 spiro atoms. The molecule has 1 N–H and O–H groups in total. The average Bonchev–Trinajstić information content (AvgIpc) is 3.09. The van der Waals surface area contributed by atoms with Crippen molar-refractivity contribution in [1.82, 2.24) is 15.1 Å². The number of morpholine rings is 1. The number of nitrogens with zero attached hydrogens (tertiary/aromatic N) is 2. The standard InChI is InChI=1S/C22H37N3O3/c1-21(2,15-24-8-10-28-11-9-24)20(27)25-14-16-12-17(18(25)13-16)23-19(26)4-5-22(3)6-7-22/h16-18H,4-15H2,1-3H3,(H,23,26)/t16-,17-,18-/m1/s1. The van der Waals surface area contributed by atoms with E-state index in [2.05, 4.69) is 35.9 Å². The highest BCUT2D eigenvalue weighted by Crippen LogP contribution is 2.49. The molecule has 4 fully saturated rings.